The maximum atomic E-state index is 12.9. The van der Waals surface area contributed by atoms with Gasteiger partial charge in [-0.3, -0.25) is 0 Å². The van der Waals surface area contributed by atoms with Gasteiger partial charge in [-0.15, -0.1) is 0 Å². The van der Waals surface area contributed by atoms with Crippen LogP contribution >= 0.6 is 11.8 Å². The summed E-state index contributed by atoms with van der Waals surface area (Å²) < 4.78 is 12.9. The van der Waals surface area contributed by atoms with Gasteiger partial charge in [0.1, 0.15) is 5.82 Å². The standard InChI is InChI=1S/C10H15FN2S/c1-7(6-14-2)13-10-4-8(11)3-9(12)5-10/h3-5,7,13H,6,12H2,1-2H3. The molecule has 0 aromatic heterocycles. The van der Waals surface area contributed by atoms with E-state index in [0.29, 0.717) is 11.7 Å². The van der Waals surface area contributed by atoms with Crippen LogP contribution in [0.2, 0.25) is 0 Å². The van der Waals surface area contributed by atoms with Gasteiger partial charge < -0.3 is 11.1 Å². The van der Waals surface area contributed by atoms with Gasteiger partial charge in [-0.25, -0.2) is 4.39 Å². The fourth-order valence-electron chi connectivity index (χ4n) is 1.27. The molecule has 0 heterocycles. The smallest absolute Gasteiger partial charge is 0.127 e. The fourth-order valence-corrected chi connectivity index (χ4v) is 1.86. The zero-order valence-corrected chi connectivity index (χ0v) is 9.20. The minimum Gasteiger partial charge on any atom is -0.399 e. The van der Waals surface area contributed by atoms with E-state index in [2.05, 4.69) is 12.2 Å². The summed E-state index contributed by atoms with van der Waals surface area (Å²) >= 11 is 1.75. The van der Waals surface area contributed by atoms with Gasteiger partial charge in [-0.05, 0) is 31.4 Å². The number of anilines is 2. The molecule has 0 aliphatic heterocycles. The molecule has 0 spiro atoms. The van der Waals surface area contributed by atoms with Gasteiger partial charge in [0.15, 0.2) is 0 Å². The second-order valence-corrected chi connectivity index (χ2v) is 4.18. The summed E-state index contributed by atoms with van der Waals surface area (Å²) in [5.74, 6) is 0.681. The second kappa shape index (κ2) is 5.10. The SMILES string of the molecule is CSCC(C)Nc1cc(N)cc(F)c1. The fraction of sp³-hybridized carbons (Fsp3) is 0.400. The lowest BCUT2D eigenvalue weighted by molar-refractivity contribution is 0.628. The third kappa shape index (κ3) is 3.46. The lowest BCUT2D eigenvalue weighted by Crippen LogP contribution is -2.17. The van der Waals surface area contributed by atoms with Crippen molar-refractivity contribution in [2.75, 3.05) is 23.1 Å². The van der Waals surface area contributed by atoms with Crippen molar-refractivity contribution in [3.05, 3.63) is 24.0 Å². The summed E-state index contributed by atoms with van der Waals surface area (Å²) in [6, 6.07) is 4.81. The molecule has 0 aliphatic carbocycles. The Morgan fingerprint density at radius 2 is 2.21 bits per heavy atom. The third-order valence-corrected chi connectivity index (χ3v) is 2.58. The predicted octanol–water partition coefficient (Wildman–Crippen LogP) is 2.57. The molecule has 1 rings (SSSR count). The van der Waals surface area contributed by atoms with E-state index in [9.17, 15) is 4.39 Å². The van der Waals surface area contributed by atoms with Crippen LogP contribution in [0.25, 0.3) is 0 Å². The highest BCUT2D eigenvalue weighted by atomic mass is 32.2. The third-order valence-electron chi connectivity index (χ3n) is 1.75. The molecule has 3 N–H and O–H groups in total. The zero-order chi connectivity index (χ0) is 10.6. The van der Waals surface area contributed by atoms with E-state index in [1.807, 2.05) is 6.26 Å². The van der Waals surface area contributed by atoms with E-state index < -0.39 is 0 Å². The Bertz CT molecular complexity index is 284. The number of thioether (sulfide) groups is 1. The van der Waals surface area contributed by atoms with E-state index >= 15 is 0 Å². The highest BCUT2D eigenvalue weighted by Crippen LogP contribution is 2.16. The topological polar surface area (TPSA) is 38.0 Å². The molecule has 1 aromatic carbocycles. The molecule has 78 valence electrons. The van der Waals surface area contributed by atoms with Gasteiger partial charge in [-0.2, -0.15) is 11.8 Å². The van der Waals surface area contributed by atoms with Crippen LogP contribution in [-0.4, -0.2) is 18.1 Å². The highest BCUT2D eigenvalue weighted by molar-refractivity contribution is 7.98. The molecule has 0 bridgehead atoms. The van der Waals surface area contributed by atoms with Gasteiger partial charge in [0.2, 0.25) is 0 Å². The summed E-state index contributed by atoms with van der Waals surface area (Å²) in [4.78, 5) is 0. The summed E-state index contributed by atoms with van der Waals surface area (Å²) in [5.41, 5.74) is 6.71. The Morgan fingerprint density at radius 1 is 1.50 bits per heavy atom. The molecule has 0 saturated heterocycles. The van der Waals surface area contributed by atoms with Crippen molar-refractivity contribution in [1.82, 2.24) is 0 Å². The van der Waals surface area contributed by atoms with Crippen molar-refractivity contribution in [3.8, 4) is 0 Å². The molecule has 2 nitrogen and oxygen atoms in total. The van der Waals surface area contributed by atoms with Crippen LogP contribution in [0, 0.1) is 5.82 Å². The van der Waals surface area contributed by atoms with Crippen LogP contribution in [0.1, 0.15) is 6.92 Å². The number of hydrogen-bond donors (Lipinski definition) is 2. The van der Waals surface area contributed by atoms with E-state index in [-0.39, 0.29) is 5.82 Å². The Labute approximate surface area is 88.1 Å². The van der Waals surface area contributed by atoms with Crippen molar-refractivity contribution in [2.24, 2.45) is 0 Å². The number of halogens is 1. The van der Waals surface area contributed by atoms with Gasteiger partial charge >= 0.3 is 0 Å². The number of nitrogens with one attached hydrogen (secondary N) is 1. The minimum absolute atomic E-state index is 0.302. The molecule has 1 aromatic rings. The number of nitrogen functional groups attached to an aromatic ring is 1. The molecular formula is C10H15FN2S. The number of benzene rings is 1. The van der Waals surface area contributed by atoms with E-state index in [0.717, 1.165) is 11.4 Å². The maximum absolute atomic E-state index is 12.9. The Hall–Kier alpha value is -0.900. The van der Waals surface area contributed by atoms with Crippen molar-refractivity contribution in [1.29, 1.82) is 0 Å². The molecule has 4 heteroatoms. The molecule has 1 unspecified atom stereocenters. The molecular weight excluding hydrogens is 199 g/mol. The van der Waals surface area contributed by atoms with Gasteiger partial charge in [0.05, 0.1) is 0 Å². The molecule has 1 atom stereocenters. The van der Waals surface area contributed by atoms with E-state index in [4.69, 9.17) is 5.73 Å². The first-order chi connectivity index (χ1) is 6.61. The molecule has 0 saturated carbocycles. The lowest BCUT2D eigenvalue weighted by Gasteiger charge is -2.14. The van der Waals surface area contributed by atoms with Gasteiger partial charge in [0.25, 0.3) is 0 Å². The Kier molecular flexibility index (Phi) is 4.07. The van der Waals surface area contributed by atoms with Gasteiger partial charge in [-0.1, -0.05) is 0 Å². The van der Waals surface area contributed by atoms with E-state index in [1.54, 1.807) is 17.8 Å². The van der Waals surface area contributed by atoms with Crippen molar-refractivity contribution in [2.45, 2.75) is 13.0 Å². The monoisotopic (exact) mass is 214 g/mol. The van der Waals surface area contributed by atoms with Crippen molar-refractivity contribution < 1.29 is 4.39 Å². The summed E-state index contributed by atoms with van der Waals surface area (Å²) in [7, 11) is 0. The van der Waals surface area contributed by atoms with Crippen molar-refractivity contribution >= 4 is 23.1 Å². The quantitative estimate of drug-likeness (QED) is 0.756. The maximum Gasteiger partial charge on any atom is 0.127 e. The first-order valence-electron chi connectivity index (χ1n) is 4.43. The molecule has 14 heavy (non-hydrogen) atoms. The van der Waals surface area contributed by atoms with Crippen LogP contribution in [0.15, 0.2) is 18.2 Å². The highest BCUT2D eigenvalue weighted by Gasteiger charge is 2.02. The zero-order valence-electron chi connectivity index (χ0n) is 8.38. The number of hydrogen-bond acceptors (Lipinski definition) is 3. The average Bonchev–Trinajstić information content (AvgIpc) is 2.01. The number of nitrogens with two attached hydrogens (primary N) is 1. The first-order valence-corrected chi connectivity index (χ1v) is 5.82. The van der Waals surface area contributed by atoms with Crippen LogP contribution < -0.4 is 11.1 Å². The normalized spacial score (nSPS) is 12.5. The minimum atomic E-state index is -0.302. The molecule has 0 aliphatic rings. The van der Waals surface area contributed by atoms with Crippen LogP contribution in [0.3, 0.4) is 0 Å². The predicted molar refractivity (Wildman–Crippen MR) is 62.3 cm³/mol. The largest absolute Gasteiger partial charge is 0.399 e. The van der Waals surface area contributed by atoms with E-state index in [1.165, 1.54) is 12.1 Å². The molecule has 0 fully saturated rings. The summed E-state index contributed by atoms with van der Waals surface area (Å²) in [6.07, 6.45) is 2.04. The summed E-state index contributed by atoms with van der Waals surface area (Å²) in [6.45, 7) is 2.05. The molecule has 0 amide bonds. The second-order valence-electron chi connectivity index (χ2n) is 3.27. The van der Waals surface area contributed by atoms with Crippen molar-refractivity contribution in [3.63, 3.8) is 0 Å². The first kappa shape index (κ1) is 11.2. The van der Waals surface area contributed by atoms with Crippen LogP contribution in [0.4, 0.5) is 15.8 Å². The summed E-state index contributed by atoms with van der Waals surface area (Å²) in [5, 5.41) is 3.18. The number of rotatable bonds is 4. The van der Waals surface area contributed by atoms with Crippen LogP contribution in [0.5, 0.6) is 0 Å². The van der Waals surface area contributed by atoms with Gasteiger partial charge in [0, 0.05) is 23.2 Å². The lowest BCUT2D eigenvalue weighted by atomic mass is 10.2. The van der Waals surface area contributed by atoms with Crippen LogP contribution in [-0.2, 0) is 0 Å². The average molecular weight is 214 g/mol. The Balaban J connectivity index is 2.66. The Morgan fingerprint density at radius 3 is 2.79 bits per heavy atom. The molecule has 0 radical (unpaired) electrons.